The van der Waals surface area contributed by atoms with E-state index < -0.39 is 0 Å². The molecule has 0 amide bonds. The van der Waals surface area contributed by atoms with E-state index in [1.54, 1.807) is 7.11 Å². The van der Waals surface area contributed by atoms with Gasteiger partial charge in [0.2, 0.25) is 0 Å². The Morgan fingerprint density at radius 2 is 1.90 bits per heavy atom. The zero-order valence-electron chi connectivity index (χ0n) is 13.3. The van der Waals surface area contributed by atoms with Crippen molar-refractivity contribution in [2.24, 2.45) is 0 Å². The molecule has 2 rings (SSSR count). The molecule has 0 bridgehead atoms. The zero-order valence-corrected chi connectivity index (χ0v) is 13.3. The minimum Gasteiger partial charge on any atom is -0.497 e. The molecule has 1 N–H and O–H groups in total. The maximum Gasteiger partial charge on any atom is 0.130 e. The molecule has 0 aliphatic carbocycles. The van der Waals surface area contributed by atoms with Crippen molar-refractivity contribution in [3.8, 4) is 5.75 Å². The van der Waals surface area contributed by atoms with Crippen LogP contribution in [0, 0.1) is 6.92 Å². The SMILES string of the molecule is CCNc1nc2c(C)cc(OC)cc2cc1C(C)(C)C. The molecule has 0 saturated heterocycles. The molecule has 0 aliphatic heterocycles. The number of hydrogen-bond acceptors (Lipinski definition) is 3. The number of ether oxygens (including phenoxy) is 1. The van der Waals surface area contributed by atoms with Gasteiger partial charge in [0.15, 0.2) is 0 Å². The number of aromatic nitrogens is 1. The molecule has 2 aromatic rings. The van der Waals surface area contributed by atoms with Gasteiger partial charge in [-0.25, -0.2) is 4.98 Å². The molecule has 0 radical (unpaired) electrons. The maximum absolute atomic E-state index is 5.36. The summed E-state index contributed by atoms with van der Waals surface area (Å²) in [5.74, 6) is 1.87. The van der Waals surface area contributed by atoms with E-state index in [4.69, 9.17) is 9.72 Å². The van der Waals surface area contributed by atoms with E-state index in [2.05, 4.69) is 52.1 Å². The highest BCUT2D eigenvalue weighted by molar-refractivity contribution is 5.86. The quantitative estimate of drug-likeness (QED) is 0.905. The van der Waals surface area contributed by atoms with Gasteiger partial charge >= 0.3 is 0 Å². The van der Waals surface area contributed by atoms with Crippen molar-refractivity contribution in [3.05, 3.63) is 29.3 Å². The van der Waals surface area contributed by atoms with Crippen molar-refractivity contribution in [2.75, 3.05) is 19.0 Å². The molecular formula is C17H24N2O. The number of fused-ring (bicyclic) bond motifs is 1. The third kappa shape index (κ3) is 2.72. The molecule has 1 aromatic carbocycles. The van der Waals surface area contributed by atoms with Crippen LogP contribution in [0.5, 0.6) is 5.75 Å². The van der Waals surface area contributed by atoms with E-state index in [-0.39, 0.29) is 5.41 Å². The molecule has 0 unspecified atom stereocenters. The number of methoxy groups -OCH3 is 1. The van der Waals surface area contributed by atoms with Crippen LogP contribution in [0.2, 0.25) is 0 Å². The average Bonchev–Trinajstić information content (AvgIpc) is 2.37. The summed E-state index contributed by atoms with van der Waals surface area (Å²) in [5, 5.41) is 4.52. The second kappa shape index (κ2) is 5.31. The average molecular weight is 272 g/mol. The Hall–Kier alpha value is -1.77. The fourth-order valence-electron chi connectivity index (χ4n) is 2.42. The molecule has 0 spiro atoms. The molecule has 0 aliphatic rings. The third-order valence-corrected chi connectivity index (χ3v) is 3.47. The molecule has 108 valence electrons. The monoisotopic (exact) mass is 272 g/mol. The topological polar surface area (TPSA) is 34.2 Å². The van der Waals surface area contributed by atoms with E-state index in [0.29, 0.717) is 0 Å². The number of anilines is 1. The number of benzene rings is 1. The summed E-state index contributed by atoms with van der Waals surface area (Å²) in [6.07, 6.45) is 0. The smallest absolute Gasteiger partial charge is 0.130 e. The lowest BCUT2D eigenvalue weighted by Gasteiger charge is -2.23. The van der Waals surface area contributed by atoms with Crippen molar-refractivity contribution in [1.29, 1.82) is 0 Å². The van der Waals surface area contributed by atoms with Gasteiger partial charge < -0.3 is 10.1 Å². The summed E-state index contributed by atoms with van der Waals surface area (Å²) in [4.78, 5) is 4.84. The Morgan fingerprint density at radius 3 is 2.45 bits per heavy atom. The Morgan fingerprint density at radius 1 is 1.20 bits per heavy atom. The van der Waals surface area contributed by atoms with Gasteiger partial charge in [0.05, 0.1) is 12.6 Å². The van der Waals surface area contributed by atoms with Crippen LogP contribution in [-0.4, -0.2) is 18.6 Å². The minimum absolute atomic E-state index is 0.0513. The molecular weight excluding hydrogens is 248 g/mol. The first-order chi connectivity index (χ1) is 9.36. The Balaban J connectivity index is 2.74. The third-order valence-electron chi connectivity index (χ3n) is 3.47. The van der Waals surface area contributed by atoms with Crippen molar-refractivity contribution in [1.82, 2.24) is 4.98 Å². The number of pyridine rings is 1. The molecule has 0 fully saturated rings. The van der Waals surface area contributed by atoms with Crippen LogP contribution < -0.4 is 10.1 Å². The van der Waals surface area contributed by atoms with Gasteiger partial charge in [-0.1, -0.05) is 20.8 Å². The summed E-state index contributed by atoms with van der Waals surface area (Å²) < 4.78 is 5.36. The van der Waals surface area contributed by atoms with E-state index in [1.807, 2.05) is 6.07 Å². The summed E-state index contributed by atoms with van der Waals surface area (Å²) in [6, 6.07) is 6.32. The van der Waals surface area contributed by atoms with Gasteiger partial charge in [0.1, 0.15) is 11.6 Å². The zero-order chi connectivity index (χ0) is 14.9. The normalized spacial score (nSPS) is 11.7. The van der Waals surface area contributed by atoms with Gasteiger partial charge in [-0.3, -0.25) is 0 Å². The predicted molar refractivity (Wildman–Crippen MR) is 85.9 cm³/mol. The highest BCUT2D eigenvalue weighted by atomic mass is 16.5. The van der Waals surface area contributed by atoms with E-state index in [0.717, 1.165) is 34.6 Å². The maximum atomic E-state index is 5.36. The lowest BCUT2D eigenvalue weighted by atomic mass is 9.86. The number of aryl methyl sites for hydroxylation is 1. The van der Waals surface area contributed by atoms with Gasteiger partial charge in [0, 0.05) is 17.5 Å². The Bertz CT molecular complexity index is 627. The first kappa shape index (κ1) is 14.6. The summed E-state index contributed by atoms with van der Waals surface area (Å²) >= 11 is 0. The number of rotatable bonds is 3. The first-order valence-electron chi connectivity index (χ1n) is 7.10. The van der Waals surface area contributed by atoms with Crippen LogP contribution in [-0.2, 0) is 5.41 Å². The van der Waals surface area contributed by atoms with Crippen molar-refractivity contribution >= 4 is 16.7 Å². The highest BCUT2D eigenvalue weighted by Crippen LogP contribution is 2.33. The lowest BCUT2D eigenvalue weighted by Crippen LogP contribution is -2.16. The number of hydrogen-bond donors (Lipinski definition) is 1. The molecule has 0 atom stereocenters. The van der Waals surface area contributed by atoms with Crippen LogP contribution in [0.15, 0.2) is 18.2 Å². The summed E-state index contributed by atoms with van der Waals surface area (Å²) in [6.45, 7) is 11.7. The Labute approximate surface area is 121 Å². The Kier molecular flexibility index (Phi) is 3.89. The standard InChI is InChI=1S/C17H24N2O/c1-7-18-16-14(17(3,4)5)10-12-9-13(20-6)8-11(2)15(12)19-16/h8-10H,7H2,1-6H3,(H,18,19). The number of nitrogens with zero attached hydrogens (tertiary/aromatic N) is 1. The molecule has 3 nitrogen and oxygen atoms in total. The molecule has 1 heterocycles. The van der Waals surface area contributed by atoms with Crippen LogP contribution in [0.4, 0.5) is 5.82 Å². The molecule has 0 saturated carbocycles. The summed E-state index contributed by atoms with van der Waals surface area (Å²) in [5.41, 5.74) is 3.46. The van der Waals surface area contributed by atoms with Gasteiger partial charge in [-0.05, 0) is 43.0 Å². The second-order valence-electron chi connectivity index (χ2n) is 6.18. The van der Waals surface area contributed by atoms with Gasteiger partial charge in [-0.2, -0.15) is 0 Å². The lowest BCUT2D eigenvalue weighted by molar-refractivity contribution is 0.415. The van der Waals surface area contributed by atoms with Crippen molar-refractivity contribution in [2.45, 2.75) is 40.0 Å². The van der Waals surface area contributed by atoms with Crippen molar-refractivity contribution in [3.63, 3.8) is 0 Å². The number of nitrogens with one attached hydrogen (secondary N) is 1. The minimum atomic E-state index is 0.0513. The van der Waals surface area contributed by atoms with Crippen LogP contribution in [0.3, 0.4) is 0 Å². The predicted octanol–water partition coefficient (Wildman–Crippen LogP) is 4.28. The van der Waals surface area contributed by atoms with Crippen molar-refractivity contribution < 1.29 is 4.74 Å². The van der Waals surface area contributed by atoms with E-state index in [1.165, 1.54) is 5.56 Å². The van der Waals surface area contributed by atoms with Gasteiger partial charge in [0.25, 0.3) is 0 Å². The molecule has 1 aromatic heterocycles. The second-order valence-corrected chi connectivity index (χ2v) is 6.18. The van der Waals surface area contributed by atoms with Crippen LogP contribution >= 0.6 is 0 Å². The fourth-order valence-corrected chi connectivity index (χ4v) is 2.42. The van der Waals surface area contributed by atoms with E-state index >= 15 is 0 Å². The largest absolute Gasteiger partial charge is 0.497 e. The summed E-state index contributed by atoms with van der Waals surface area (Å²) in [7, 11) is 1.70. The van der Waals surface area contributed by atoms with Crippen LogP contribution in [0.25, 0.3) is 10.9 Å². The van der Waals surface area contributed by atoms with Crippen LogP contribution in [0.1, 0.15) is 38.8 Å². The fraction of sp³-hybridized carbons (Fsp3) is 0.471. The highest BCUT2D eigenvalue weighted by Gasteiger charge is 2.20. The first-order valence-corrected chi connectivity index (χ1v) is 7.10. The van der Waals surface area contributed by atoms with Gasteiger partial charge in [-0.15, -0.1) is 0 Å². The van der Waals surface area contributed by atoms with E-state index in [9.17, 15) is 0 Å². The molecule has 3 heteroatoms. The molecule has 20 heavy (non-hydrogen) atoms.